The first-order chi connectivity index (χ1) is 13.0. The van der Waals surface area contributed by atoms with E-state index in [-0.39, 0.29) is 69.4 Å². The molecule has 0 heterocycles. The van der Waals surface area contributed by atoms with Gasteiger partial charge in [0.15, 0.2) is 0 Å². The minimum Gasteiger partial charge on any atom is -0.649 e. The van der Waals surface area contributed by atoms with Crippen molar-refractivity contribution < 1.29 is 41.7 Å². The van der Waals surface area contributed by atoms with Gasteiger partial charge >= 0.3 is 0 Å². The first-order valence-corrected chi connectivity index (χ1v) is 12.2. The molecule has 0 aromatic heterocycles. The molecule has 0 aromatic rings. The Labute approximate surface area is 231 Å². The minimum absolute atomic E-state index is 0. The summed E-state index contributed by atoms with van der Waals surface area (Å²) < 4.78 is 0. The first-order valence-electron chi connectivity index (χ1n) is 12.2. The zero-order valence-electron chi connectivity index (χ0n) is 24.7. The summed E-state index contributed by atoms with van der Waals surface area (Å²) in [6.07, 6.45) is 0. The normalized spacial score (nSPS) is 16.8. The van der Waals surface area contributed by atoms with Gasteiger partial charge in [-0.25, -0.2) is 0 Å². The molecule has 2 atom stereocenters. The maximum atomic E-state index is 5.60. The van der Waals surface area contributed by atoms with E-state index in [0.717, 1.165) is 0 Å². The molecule has 0 amide bonds. The summed E-state index contributed by atoms with van der Waals surface area (Å²) in [5.41, 5.74) is -0.523. The van der Waals surface area contributed by atoms with E-state index in [1.165, 1.54) is 0 Å². The standard InChI is InChI=1S/C27H58N3.Ce/c1-19(2)21(5)23(7,8)30(18)27(15,16)25(11,12)28-24(9,10)26(13,14)29(17)22(6)20(3)4;/h19-22H,1-18H3;/q-1;/t21-,22+;/m0./s1. The van der Waals surface area contributed by atoms with Gasteiger partial charge in [0.05, 0.1) is 0 Å². The summed E-state index contributed by atoms with van der Waals surface area (Å²) >= 11 is 0. The summed E-state index contributed by atoms with van der Waals surface area (Å²) in [6, 6.07) is 0.499. The number of hydrogen-bond acceptors (Lipinski definition) is 2. The van der Waals surface area contributed by atoms with Crippen molar-refractivity contribution in [1.82, 2.24) is 9.80 Å². The van der Waals surface area contributed by atoms with E-state index in [4.69, 9.17) is 5.32 Å². The molecule has 0 unspecified atom stereocenters. The second kappa shape index (κ2) is 11.3. The third-order valence-electron chi connectivity index (χ3n) is 9.83. The van der Waals surface area contributed by atoms with E-state index in [9.17, 15) is 0 Å². The fraction of sp³-hybridized carbons (Fsp3) is 1.00. The average molecular weight is 565 g/mol. The van der Waals surface area contributed by atoms with Gasteiger partial charge < -0.3 is 5.32 Å². The van der Waals surface area contributed by atoms with Crippen molar-refractivity contribution in [2.75, 3.05) is 14.1 Å². The van der Waals surface area contributed by atoms with Gasteiger partial charge in [0.1, 0.15) is 0 Å². The van der Waals surface area contributed by atoms with E-state index in [0.29, 0.717) is 23.8 Å². The third kappa shape index (κ3) is 7.13. The quantitative estimate of drug-likeness (QED) is 0.260. The monoisotopic (exact) mass is 564 g/mol. The Hall–Kier alpha value is 1.26. The van der Waals surface area contributed by atoms with Crippen molar-refractivity contribution in [2.45, 2.75) is 145 Å². The Bertz CT molecular complexity index is 547. The molecule has 0 aliphatic rings. The Kier molecular flexibility index (Phi) is 12.6. The van der Waals surface area contributed by atoms with Gasteiger partial charge in [0.2, 0.25) is 0 Å². The van der Waals surface area contributed by atoms with E-state index in [1.54, 1.807) is 0 Å². The molecule has 0 saturated carbocycles. The first kappa shape index (κ1) is 34.4. The van der Waals surface area contributed by atoms with Crippen molar-refractivity contribution in [1.29, 1.82) is 0 Å². The maximum Gasteiger partial charge on any atom is 0.0182 e. The smallest absolute Gasteiger partial charge is 0.0182 e. The van der Waals surface area contributed by atoms with Gasteiger partial charge in [-0.1, -0.05) is 62.3 Å². The van der Waals surface area contributed by atoms with Crippen LogP contribution in [0, 0.1) is 59.5 Å². The molecule has 0 bridgehead atoms. The molecule has 0 fully saturated rings. The van der Waals surface area contributed by atoms with E-state index >= 15 is 0 Å². The van der Waals surface area contributed by atoms with Crippen molar-refractivity contribution in [2.24, 2.45) is 17.8 Å². The van der Waals surface area contributed by atoms with Crippen molar-refractivity contribution in [3.05, 3.63) is 5.32 Å². The van der Waals surface area contributed by atoms with Gasteiger partial charge in [0, 0.05) is 64.4 Å². The number of likely N-dealkylation sites (N-methyl/N-ethyl adjacent to an activating group) is 2. The maximum absolute atomic E-state index is 5.60. The largest absolute Gasteiger partial charge is 0.649 e. The molecule has 4 heteroatoms. The third-order valence-corrected chi connectivity index (χ3v) is 9.83. The molecule has 186 valence electrons. The van der Waals surface area contributed by atoms with E-state index in [1.807, 2.05) is 0 Å². The van der Waals surface area contributed by atoms with Crippen LogP contribution in [0.3, 0.4) is 0 Å². The van der Waals surface area contributed by atoms with Crippen LogP contribution in [0.15, 0.2) is 0 Å². The predicted molar refractivity (Wildman–Crippen MR) is 138 cm³/mol. The summed E-state index contributed by atoms with van der Waals surface area (Å²) in [4.78, 5) is 5.11. The van der Waals surface area contributed by atoms with Crippen molar-refractivity contribution in [3.63, 3.8) is 0 Å². The average Bonchev–Trinajstić information content (AvgIpc) is 2.57. The molecule has 0 radical (unpaired) electrons. The molecule has 0 saturated heterocycles. The van der Waals surface area contributed by atoms with E-state index in [2.05, 4.69) is 135 Å². The van der Waals surface area contributed by atoms with Gasteiger partial charge in [-0.05, 0) is 80.3 Å². The molecule has 0 aliphatic carbocycles. The molecule has 0 rings (SSSR count). The molecule has 0 aromatic carbocycles. The van der Waals surface area contributed by atoms with Crippen molar-refractivity contribution >= 4 is 0 Å². The van der Waals surface area contributed by atoms with Gasteiger partial charge in [-0.2, -0.15) is 0 Å². The molecule has 3 nitrogen and oxygen atoms in total. The van der Waals surface area contributed by atoms with Crippen LogP contribution in [-0.4, -0.2) is 57.6 Å². The Morgan fingerprint density at radius 3 is 1.26 bits per heavy atom. The van der Waals surface area contributed by atoms with Gasteiger partial charge in [0.25, 0.3) is 0 Å². The van der Waals surface area contributed by atoms with Gasteiger partial charge in [-0.3, -0.25) is 9.80 Å². The van der Waals surface area contributed by atoms with Crippen LogP contribution in [0.5, 0.6) is 0 Å². The molecular formula is C27H58CeN3-. The number of hydrogen-bond donors (Lipinski definition) is 0. The Morgan fingerprint density at radius 2 is 0.935 bits per heavy atom. The van der Waals surface area contributed by atoms with Crippen LogP contribution in [-0.2, 0) is 0 Å². The van der Waals surface area contributed by atoms with Crippen LogP contribution in [0.4, 0.5) is 0 Å². The number of nitrogens with zero attached hydrogens (tertiary/aromatic N) is 3. The SMILES string of the molecule is CC(C)[C@@H](C)N(C)C(C)(C)C(C)(C)[N-]C(C)(C)C(C)(C)N(C)C(C)(C)[C@@H](C)C(C)C.[Ce]. The van der Waals surface area contributed by atoms with E-state index < -0.39 is 0 Å². The fourth-order valence-corrected chi connectivity index (χ4v) is 4.61. The fourth-order valence-electron chi connectivity index (χ4n) is 4.61. The molecule has 31 heavy (non-hydrogen) atoms. The Balaban J connectivity index is 0. The summed E-state index contributed by atoms with van der Waals surface area (Å²) in [7, 11) is 4.56. The summed E-state index contributed by atoms with van der Waals surface area (Å²) in [5, 5.41) is 5.60. The van der Waals surface area contributed by atoms with Gasteiger partial charge in [-0.15, -0.1) is 11.1 Å². The summed E-state index contributed by atoms with van der Waals surface area (Å²) in [6.45, 7) is 37.5. The second-order valence-corrected chi connectivity index (χ2v) is 13.2. The zero-order valence-corrected chi connectivity index (χ0v) is 27.8. The molecular weight excluding hydrogens is 506 g/mol. The van der Waals surface area contributed by atoms with Crippen LogP contribution >= 0.6 is 0 Å². The molecule has 0 aliphatic heterocycles. The second-order valence-electron chi connectivity index (χ2n) is 13.2. The van der Waals surface area contributed by atoms with Crippen LogP contribution in [0.2, 0.25) is 0 Å². The van der Waals surface area contributed by atoms with Crippen LogP contribution in [0.25, 0.3) is 5.32 Å². The topological polar surface area (TPSA) is 20.6 Å². The number of rotatable bonds is 11. The van der Waals surface area contributed by atoms with Crippen LogP contribution in [0.1, 0.15) is 111 Å². The predicted octanol–water partition coefficient (Wildman–Crippen LogP) is 7.45. The van der Waals surface area contributed by atoms with Crippen molar-refractivity contribution in [3.8, 4) is 0 Å². The minimum atomic E-state index is -0.224. The summed E-state index contributed by atoms with van der Waals surface area (Å²) in [5.74, 6) is 1.83. The van der Waals surface area contributed by atoms with Crippen LogP contribution < -0.4 is 0 Å². The zero-order chi connectivity index (χ0) is 24.7. The Morgan fingerprint density at radius 1 is 0.581 bits per heavy atom. The molecule has 0 spiro atoms. The molecule has 0 N–H and O–H groups in total.